The first-order valence-electron chi connectivity index (χ1n) is 12.2. The van der Waals surface area contributed by atoms with Crippen LogP contribution in [-0.2, 0) is 0 Å². The molecule has 0 aromatic rings. The van der Waals surface area contributed by atoms with E-state index in [1.165, 1.54) is 0 Å². The number of rotatable bonds is 0. The van der Waals surface area contributed by atoms with E-state index in [0.717, 1.165) is 92.8 Å². The van der Waals surface area contributed by atoms with Crippen LogP contribution in [0.1, 0.15) is 125 Å². The molecule has 0 aromatic carbocycles. The third kappa shape index (κ3) is 1200. The molecule has 0 spiro atoms. The number of hydrogen-bond donors (Lipinski definition) is 0. The molecule has 0 fully saturated rings. The molecule has 0 aliphatic carbocycles. The van der Waals surface area contributed by atoms with Crippen LogP contribution in [0.4, 0.5) is 0 Å². The molecule has 0 bridgehead atoms. The van der Waals surface area contributed by atoms with E-state index in [4.69, 9.17) is 68.6 Å². The Labute approximate surface area is 443 Å². The van der Waals surface area contributed by atoms with E-state index < -0.39 is 41.1 Å². The maximum atomic E-state index is 4.95. The van der Waals surface area contributed by atoms with E-state index in [-0.39, 0.29) is 0 Å². The monoisotopic (exact) mass is 1770 g/mol. The minimum atomic E-state index is -0.946. The van der Waals surface area contributed by atoms with Gasteiger partial charge in [-0.1, -0.05) is 0 Å². The van der Waals surface area contributed by atoms with Crippen molar-refractivity contribution in [1.29, 1.82) is 0 Å². The fourth-order valence-electron chi connectivity index (χ4n) is 0. The molecule has 0 N–H and O–H groups in total. The maximum absolute atomic E-state index is 4.95. The molecule has 0 atom stereocenters. The van der Waals surface area contributed by atoms with Gasteiger partial charge in [0.1, 0.15) is 0 Å². The predicted octanol–water partition coefficient (Wildman–Crippen LogP) is 10.4. The number of hydrogen-bond acceptors (Lipinski definition) is 0. The van der Waals surface area contributed by atoms with Gasteiger partial charge in [-0.15, -0.1) is 0 Å². The van der Waals surface area contributed by atoms with Crippen LogP contribution in [-0.4, -0.2) is 235 Å². The van der Waals surface area contributed by atoms with Crippen molar-refractivity contribution in [3.8, 4) is 0 Å². The molecular weight excluding hydrogens is 1710 g/mol. The Morgan fingerprint density at radius 1 is 0.341 bits per heavy atom. The van der Waals surface area contributed by atoms with Gasteiger partial charge < -0.3 is 0 Å². The van der Waals surface area contributed by atoms with Crippen molar-refractivity contribution in [2.75, 3.05) is 0 Å². The molecule has 0 aliphatic rings. The summed E-state index contributed by atoms with van der Waals surface area (Å²) in [4.78, 5) is 0. The summed E-state index contributed by atoms with van der Waals surface area (Å²) in [6.07, 6.45) is 0. The van der Waals surface area contributed by atoms with Crippen LogP contribution in [0.15, 0.2) is 0 Å². The fourth-order valence-corrected chi connectivity index (χ4v) is 0. The van der Waals surface area contributed by atoms with Gasteiger partial charge in [-0.2, -0.15) is 0 Å². The Balaban J connectivity index is -0.0000000259. The van der Waals surface area contributed by atoms with Gasteiger partial charge in [-0.3, -0.25) is 0 Å². The summed E-state index contributed by atoms with van der Waals surface area (Å²) < 4.78 is 2.88. The zero-order chi connectivity index (χ0) is 40.4. The Bertz CT molecular complexity index is 286. The Kier molecular flexibility index (Phi) is 124. The van der Waals surface area contributed by atoms with E-state index in [9.17, 15) is 0 Å². The van der Waals surface area contributed by atoms with Crippen LogP contribution < -0.4 is 0 Å². The molecule has 0 rings (SSSR count). The van der Waals surface area contributed by atoms with E-state index in [1.807, 2.05) is 0 Å². The van der Waals surface area contributed by atoms with E-state index in [2.05, 4.69) is 226 Å². The molecular formula is C24H58As6Cl8In6. The van der Waals surface area contributed by atoms with Gasteiger partial charge in [0, 0.05) is 0 Å². The molecule has 20 heteroatoms. The van der Waals surface area contributed by atoms with Gasteiger partial charge in [-0.25, -0.2) is 0 Å². The van der Waals surface area contributed by atoms with Gasteiger partial charge in [0.25, 0.3) is 0 Å². The average Bonchev–Trinajstić information content (AvgIpc) is 2.67. The molecule has 0 heterocycles. The first kappa shape index (κ1) is 86.7. The molecule has 0 saturated carbocycles. The van der Waals surface area contributed by atoms with E-state index >= 15 is 0 Å². The zero-order valence-corrected chi connectivity index (χ0v) is 68.3. The number of halogens is 8. The molecule has 0 aliphatic heterocycles. The Morgan fingerprint density at radius 3 is 0.341 bits per heavy atom. The molecule has 258 valence electrons. The van der Waals surface area contributed by atoms with E-state index in [1.54, 1.807) is 0 Å². The van der Waals surface area contributed by atoms with Crippen LogP contribution in [0, 0.1) is 0 Å². The summed E-state index contributed by atoms with van der Waals surface area (Å²) in [7, 11) is 38.9. The molecule has 0 nitrogen and oxygen atoms in total. The topological polar surface area (TPSA) is 0 Å². The van der Waals surface area contributed by atoms with Crippen LogP contribution >= 0.6 is 68.6 Å². The SMILES string of the molecule is CC(C)(C)[AsH].CC(C)(C)[AsH].CC(C)(C)[AsH].CC(C)(C)[AsH].CC(C)(C)[As].CC(C)(C)[As].[Cl][In].[Cl][In].[Cl][In].[Cl][In].[Cl][In][Cl].[Cl][In][Cl]. The molecule has 0 amide bonds. The van der Waals surface area contributed by atoms with Crippen molar-refractivity contribution in [3.63, 3.8) is 0 Å². The summed E-state index contributed by atoms with van der Waals surface area (Å²) in [5, 5.41) is 0. The van der Waals surface area contributed by atoms with Gasteiger partial charge in [0.2, 0.25) is 0 Å². The van der Waals surface area contributed by atoms with Crippen LogP contribution in [0.25, 0.3) is 0 Å². The second-order valence-electron chi connectivity index (χ2n) is 13.5. The summed E-state index contributed by atoms with van der Waals surface area (Å²) in [6.45, 7) is 39.2. The molecule has 44 heavy (non-hydrogen) atoms. The summed E-state index contributed by atoms with van der Waals surface area (Å²) in [5.41, 5.74) is 0. The van der Waals surface area contributed by atoms with Crippen molar-refractivity contribution < 1.29 is 0 Å². The van der Waals surface area contributed by atoms with Gasteiger partial charge in [0.15, 0.2) is 0 Å². The molecule has 18 radical (unpaired) electrons. The Hall–Kier alpha value is 10.9. The minimum absolute atomic E-state index is 0.438. The summed E-state index contributed by atoms with van der Waals surface area (Å²) in [5.74, 6) is 0. The van der Waals surface area contributed by atoms with Crippen molar-refractivity contribution >= 4 is 304 Å². The fraction of sp³-hybridized carbons (Fsp3) is 1.00. The van der Waals surface area contributed by atoms with Crippen molar-refractivity contribution in [2.45, 2.75) is 150 Å². The average molecular weight is 1770 g/mol. The van der Waals surface area contributed by atoms with Crippen LogP contribution in [0.3, 0.4) is 0 Å². The zero-order valence-electron chi connectivity index (χ0n) is 30.4. The summed E-state index contributed by atoms with van der Waals surface area (Å²) >= 11 is 15.3. The van der Waals surface area contributed by atoms with Gasteiger partial charge in [0.05, 0.1) is 0 Å². The molecule has 0 aromatic heterocycles. The standard InChI is InChI=1S/4C4H10As.2C4H9As.8ClH.6In/c6*1-4(2,3)5;;;;;;;;;;;;;;/h4*5H,1-3H3;2*1-3H3;8*1H;;;;;;/q;;;;;;;;;;;;;;4*+1;2*+2/p-8. The third-order valence-electron chi connectivity index (χ3n) is 0. The Morgan fingerprint density at radius 2 is 0.341 bits per heavy atom. The van der Waals surface area contributed by atoms with Crippen molar-refractivity contribution in [1.82, 2.24) is 0 Å². The first-order valence-corrected chi connectivity index (χ1v) is 51.7. The van der Waals surface area contributed by atoms with Gasteiger partial charge >= 0.3 is 453 Å². The second-order valence-corrected chi connectivity index (χ2v) is 41.5. The van der Waals surface area contributed by atoms with Crippen LogP contribution in [0.2, 0.25) is 25.2 Å². The van der Waals surface area contributed by atoms with Crippen molar-refractivity contribution in [2.24, 2.45) is 0 Å². The first-order chi connectivity index (χ1) is 18.8. The van der Waals surface area contributed by atoms with E-state index in [0.29, 0.717) is 25.2 Å². The van der Waals surface area contributed by atoms with Crippen molar-refractivity contribution in [3.05, 3.63) is 0 Å². The van der Waals surface area contributed by atoms with Crippen LogP contribution in [0.5, 0.6) is 0 Å². The second kappa shape index (κ2) is 63.1. The predicted molar refractivity (Wildman–Crippen MR) is 240 cm³/mol. The quantitative estimate of drug-likeness (QED) is 0.212. The normalized spacial score (nSPS) is 9.27. The third-order valence-corrected chi connectivity index (χ3v) is 0. The molecule has 0 unspecified atom stereocenters. The molecule has 0 saturated heterocycles. The summed E-state index contributed by atoms with van der Waals surface area (Å²) in [6, 6.07) is 0. The van der Waals surface area contributed by atoms with Gasteiger partial charge in [-0.05, 0) is 0 Å².